The predicted octanol–water partition coefficient (Wildman–Crippen LogP) is 9.52. The molecule has 356 valence electrons. The maximum Gasteiger partial charge on any atom is 0.255 e. The van der Waals surface area contributed by atoms with Crippen LogP contribution in [-0.4, -0.2) is 84.1 Å². The maximum atomic E-state index is 14.5. The van der Waals surface area contributed by atoms with Crippen LogP contribution in [0.1, 0.15) is 20.7 Å². The Bertz CT molecular complexity index is 3040. The first-order valence-electron chi connectivity index (χ1n) is 21.8. The normalized spacial score (nSPS) is 13.6. The number of nitrogens with one attached hydrogen (secondary N) is 4. The second-order valence-corrected chi connectivity index (χ2v) is 16.3. The molecule has 4 N–H and O–H groups in total. The Kier molecular flexibility index (Phi) is 14.2. The summed E-state index contributed by atoms with van der Waals surface area (Å²) in [6.07, 6.45) is 3.42. The van der Waals surface area contributed by atoms with Gasteiger partial charge in [0.25, 0.3) is 11.8 Å². The van der Waals surface area contributed by atoms with Gasteiger partial charge in [-0.15, -0.1) is 0 Å². The van der Waals surface area contributed by atoms with Crippen LogP contribution in [-0.2, 0) is 0 Å². The first-order valence-corrected chi connectivity index (χ1v) is 22.2. The first kappa shape index (κ1) is 47.1. The van der Waals surface area contributed by atoms with E-state index in [1.54, 1.807) is 67.0 Å². The molecule has 2 aliphatic heterocycles. The number of aromatic nitrogens is 4. The van der Waals surface area contributed by atoms with Crippen LogP contribution in [0, 0.1) is 29.1 Å². The smallest absolute Gasteiger partial charge is 0.255 e. The molecular weight excluding hydrogens is 935 g/mol. The molecule has 0 saturated carbocycles. The maximum absolute atomic E-state index is 14.5. The van der Waals surface area contributed by atoms with Crippen LogP contribution < -0.4 is 40.5 Å². The van der Waals surface area contributed by atoms with Crippen LogP contribution >= 0.6 is 11.6 Å². The van der Waals surface area contributed by atoms with Gasteiger partial charge in [0.1, 0.15) is 29.0 Å². The highest BCUT2D eigenvalue weighted by Crippen LogP contribution is 2.33. The molecule has 20 heteroatoms. The number of halogens is 6. The largest absolute Gasteiger partial charge is 0.454 e. The number of anilines is 4. The minimum absolute atomic E-state index is 0.0328. The summed E-state index contributed by atoms with van der Waals surface area (Å²) in [5.41, 5.74) is 2.66. The first-order chi connectivity index (χ1) is 33.9. The Hall–Kier alpha value is -8.00. The summed E-state index contributed by atoms with van der Waals surface area (Å²) in [6, 6.07) is 25.1. The number of benzene rings is 6. The van der Waals surface area contributed by atoms with E-state index in [1.807, 2.05) is 0 Å². The van der Waals surface area contributed by atoms with Crippen LogP contribution in [0.25, 0.3) is 22.1 Å². The van der Waals surface area contributed by atoms with Crippen molar-refractivity contribution in [3.8, 4) is 23.0 Å². The van der Waals surface area contributed by atoms with E-state index < -0.39 is 46.6 Å². The van der Waals surface area contributed by atoms with Gasteiger partial charge in [-0.3, -0.25) is 19.6 Å². The van der Waals surface area contributed by atoms with Gasteiger partial charge in [0.05, 0.1) is 34.5 Å². The molecule has 70 heavy (non-hydrogen) atoms. The molecule has 14 nitrogen and oxygen atoms in total. The van der Waals surface area contributed by atoms with Gasteiger partial charge in [0.15, 0.2) is 23.1 Å². The zero-order chi connectivity index (χ0) is 48.7. The summed E-state index contributed by atoms with van der Waals surface area (Å²) < 4.78 is 82.3. The third-order valence-electron chi connectivity index (χ3n) is 11.0. The number of carbonyl (C=O) groups excluding carboxylic acids is 2. The fraction of sp³-hybridized carbons (Fsp3) is 0.160. The summed E-state index contributed by atoms with van der Waals surface area (Å²) in [5.74, 6) is -5.43. The minimum Gasteiger partial charge on any atom is -0.454 e. The van der Waals surface area contributed by atoms with Crippen molar-refractivity contribution in [1.29, 1.82) is 0 Å². The van der Waals surface area contributed by atoms with Crippen molar-refractivity contribution in [3.63, 3.8) is 0 Å². The fourth-order valence-corrected chi connectivity index (χ4v) is 7.71. The Balaban J connectivity index is 0.000000174. The highest BCUT2D eigenvalue weighted by atomic mass is 35.5. The Morgan fingerprint density at radius 3 is 1.46 bits per heavy atom. The van der Waals surface area contributed by atoms with E-state index in [0.717, 1.165) is 88.3 Å². The lowest BCUT2D eigenvalue weighted by Gasteiger charge is -2.28. The second kappa shape index (κ2) is 21.1. The average Bonchev–Trinajstić information content (AvgIpc) is 3.37. The van der Waals surface area contributed by atoms with Gasteiger partial charge in [-0.25, -0.2) is 23.1 Å². The Labute approximate surface area is 401 Å². The molecule has 2 aliphatic rings. The zero-order valence-corrected chi connectivity index (χ0v) is 37.5. The van der Waals surface area contributed by atoms with E-state index in [1.165, 1.54) is 30.3 Å². The summed E-state index contributed by atoms with van der Waals surface area (Å²) in [4.78, 5) is 47.3. The van der Waals surface area contributed by atoms with Crippen LogP contribution in [0.4, 0.5) is 45.0 Å². The van der Waals surface area contributed by atoms with Crippen LogP contribution in [0.5, 0.6) is 23.0 Å². The molecule has 0 spiro atoms. The number of nitrogens with zero attached hydrogens (tertiary/aromatic N) is 6. The topological polar surface area (TPSA) is 159 Å². The van der Waals surface area contributed by atoms with Gasteiger partial charge >= 0.3 is 0 Å². The summed E-state index contributed by atoms with van der Waals surface area (Å²) >= 11 is 5.92. The van der Waals surface area contributed by atoms with Crippen LogP contribution in [0.2, 0.25) is 5.02 Å². The Morgan fingerprint density at radius 1 is 0.543 bits per heavy atom. The second-order valence-electron chi connectivity index (χ2n) is 15.9. The Morgan fingerprint density at radius 2 is 1.00 bits per heavy atom. The molecule has 2 fully saturated rings. The monoisotopic (exact) mass is 974 g/mol. The number of fused-ring (bicyclic) bond motifs is 2. The highest BCUT2D eigenvalue weighted by molar-refractivity contribution is 6.31. The van der Waals surface area contributed by atoms with Crippen molar-refractivity contribution in [2.24, 2.45) is 0 Å². The fourth-order valence-electron chi connectivity index (χ4n) is 7.52. The molecule has 8 aromatic rings. The van der Waals surface area contributed by atoms with Gasteiger partial charge in [-0.2, -0.15) is 8.78 Å². The molecule has 0 atom stereocenters. The van der Waals surface area contributed by atoms with Gasteiger partial charge in [0.2, 0.25) is 11.6 Å². The molecule has 6 aromatic carbocycles. The lowest BCUT2D eigenvalue weighted by molar-refractivity contribution is 0.101. The molecule has 4 heterocycles. The van der Waals surface area contributed by atoms with E-state index in [9.17, 15) is 31.5 Å². The summed E-state index contributed by atoms with van der Waals surface area (Å²) in [5, 5.41) is 11.9. The van der Waals surface area contributed by atoms with Crippen LogP contribution in [0.3, 0.4) is 0 Å². The molecule has 2 amide bonds. The molecule has 10 rings (SSSR count). The van der Waals surface area contributed by atoms with Crippen molar-refractivity contribution in [3.05, 3.63) is 167 Å². The van der Waals surface area contributed by atoms with Gasteiger partial charge in [-0.1, -0.05) is 23.7 Å². The van der Waals surface area contributed by atoms with E-state index in [-0.39, 0.29) is 39.8 Å². The van der Waals surface area contributed by atoms with Gasteiger partial charge in [0, 0.05) is 116 Å². The van der Waals surface area contributed by atoms with Crippen molar-refractivity contribution in [2.75, 3.05) is 72.8 Å². The van der Waals surface area contributed by atoms with Crippen molar-refractivity contribution in [1.82, 2.24) is 30.6 Å². The van der Waals surface area contributed by atoms with Crippen molar-refractivity contribution in [2.45, 2.75) is 0 Å². The van der Waals surface area contributed by atoms with E-state index in [2.05, 4.69) is 51.0 Å². The van der Waals surface area contributed by atoms with Gasteiger partial charge in [-0.05, 0) is 60.7 Å². The lowest BCUT2D eigenvalue weighted by atomic mass is 10.2. The molecule has 2 aromatic heterocycles. The van der Waals surface area contributed by atoms with E-state index >= 15 is 0 Å². The third-order valence-corrected chi connectivity index (χ3v) is 11.3. The average molecular weight is 975 g/mol. The predicted molar refractivity (Wildman–Crippen MR) is 256 cm³/mol. The van der Waals surface area contributed by atoms with Crippen LogP contribution in [0.15, 0.2) is 122 Å². The molecular formula is C50H40ClF5N10O4. The van der Waals surface area contributed by atoms with Gasteiger partial charge < -0.3 is 40.5 Å². The number of rotatable bonds is 10. The molecule has 0 bridgehead atoms. The standard InChI is InChI=1S/C25H20ClF2N5O2.C25H20F3N5O2/c2*26-16-3-1-2-15(10-16)25(34)31-17-11-19(27)24(28)22(12-17)35-18-4-5-20-21(13-18)32-23(14-30-20)33-8-6-29-7-9-33/h2*1-5,10-14,29H,6-9H2,(H,31,34). The minimum atomic E-state index is -1.21. The summed E-state index contributed by atoms with van der Waals surface area (Å²) in [6.45, 7) is 6.64. The molecule has 0 unspecified atom stereocenters. The van der Waals surface area contributed by atoms with E-state index in [0.29, 0.717) is 27.1 Å². The zero-order valence-electron chi connectivity index (χ0n) is 36.8. The van der Waals surface area contributed by atoms with Crippen molar-refractivity contribution < 1.29 is 41.0 Å². The molecule has 0 radical (unpaired) electrons. The van der Waals surface area contributed by atoms with Crippen molar-refractivity contribution >= 4 is 68.5 Å². The highest BCUT2D eigenvalue weighted by Gasteiger charge is 2.20. The molecule has 0 aliphatic carbocycles. The number of carbonyl (C=O) groups is 2. The third kappa shape index (κ3) is 11.3. The lowest BCUT2D eigenvalue weighted by Crippen LogP contribution is -2.43. The number of hydrogen-bond acceptors (Lipinski definition) is 12. The SMILES string of the molecule is O=C(Nc1cc(F)c(F)c(Oc2ccc3ncc(N4CCNCC4)nc3c2)c1)c1cccc(Cl)c1.O=C(Nc1cc(F)c(F)c(Oc2ccc3ncc(N4CCNCC4)nc3c2)c1)c1cccc(F)c1. The summed E-state index contributed by atoms with van der Waals surface area (Å²) in [7, 11) is 0. The van der Waals surface area contributed by atoms with E-state index in [4.69, 9.17) is 21.1 Å². The quantitative estimate of drug-likeness (QED) is 0.0964. The molecule has 2 saturated heterocycles. The number of amides is 2. The number of hydrogen-bond donors (Lipinski definition) is 4. The number of ether oxygens (including phenoxy) is 2. The number of piperazine rings is 2.